The Labute approximate surface area is 125 Å². The van der Waals surface area contributed by atoms with E-state index in [9.17, 15) is 5.11 Å². The fraction of sp³-hybridized carbons (Fsp3) is 0.263. The van der Waals surface area contributed by atoms with Crippen molar-refractivity contribution in [3.05, 3.63) is 70.9 Å². The lowest BCUT2D eigenvalue weighted by Gasteiger charge is -2.16. The Hall–Kier alpha value is -2.06. The van der Waals surface area contributed by atoms with Crippen LogP contribution in [0.15, 0.2) is 48.7 Å². The Balaban J connectivity index is 2.11. The standard InChI is InChI=1S/C19H21NO/c1-13-6-8-15(9-7-13)16(10-11-21)18-12-20-19-14(2)4-3-5-17(18)19/h3-9,12,16,20-21H,10-11H2,1-2H3. The lowest BCUT2D eigenvalue weighted by Crippen LogP contribution is -2.03. The minimum Gasteiger partial charge on any atom is -0.396 e. The van der Waals surface area contributed by atoms with Crippen molar-refractivity contribution in [1.82, 2.24) is 4.98 Å². The number of rotatable bonds is 4. The van der Waals surface area contributed by atoms with Gasteiger partial charge in [0.05, 0.1) is 0 Å². The first-order valence-corrected chi connectivity index (χ1v) is 7.44. The highest BCUT2D eigenvalue weighted by molar-refractivity contribution is 5.86. The van der Waals surface area contributed by atoms with Crippen LogP contribution in [0.3, 0.4) is 0 Å². The van der Waals surface area contributed by atoms with E-state index in [1.165, 1.54) is 33.2 Å². The van der Waals surface area contributed by atoms with E-state index < -0.39 is 0 Å². The normalized spacial score (nSPS) is 12.7. The number of benzene rings is 2. The number of aryl methyl sites for hydroxylation is 2. The van der Waals surface area contributed by atoms with Crippen molar-refractivity contribution in [3.8, 4) is 0 Å². The summed E-state index contributed by atoms with van der Waals surface area (Å²) in [5.41, 5.74) is 6.24. The van der Waals surface area contributed by atoms with Crippen molar-refractivity contribution in [2.75, 3.05) is 6.61 Å². The Morgan fingerprint density at radius 3 is 2.52 bits per heavy atom. The van der Waals surface area contributed by atoms with E-state index in [1.54, 1.807) is 0 Å². The molecular formula is C19H21NO. The number of H-pyrrole nitrogens is 1. The Morgan fingerprint density at radius 1 is 1.05 bits per heavy atom. The number of para-hydroxylation sites is 1. The number of nitrogens with one attached hydrogen (secondary N) is 1. The summed E-state index contributed by atoms with van der Waals surface area (Å²) in [7, 11) is 0. The molecule has 1 heterocycles. The molecule has 1 aromatic heterocycles. The molecule has 3 aromatic rings. The number of fused-ring (bicyclic) bond motifs is 1. The van der Waals surface area contributed by atoms with Crippen LogP contribution in [0, 0.1) is 13.8 Å². The first kappa shape index (κ1) is 13.9. The third-order valence-electron chi connectivity index (χ3n) is 4.23. The number of aliphatic hydroxyl groups is 1. The van der Waals surface area contributed by atoms with Gasteiger partial charge < -0.3 is 10.1 Å². The molecule has 0 bridgehead atoms. The van der Waals surface area contributed by atoms with Crippen LogP contribution in [0.2, 0.25) is 0 Å². The number of aliphatic hydroxyl groups excluding tert-OH is 1. The molecule has 0 fully saturated rings. The summed E-state index contributed by atoms with van der Waals surface area (Å²) >= 11 is 0. The highest BCUT2D eigenvalue weighted by Crippen LogP contribution is 2.34. The number of aromatic nitrogens is 1. The average Bonchev–Trinajstić information content (AvgIpc) is 2.91. The maximum absolute atomic E-state index is 9.47. The Bertz CT molecular complexity index is 740. The fourth-order valence-corrected chi connectivity index (χ4v) is 3.05. The molecule has 0 radical (unpaired) electrons. The summed E-state index contributed by atoms with van der Waals surface area (Å²) in [5.74, 6) is 0.228. The molecule has 2 heteroatoms. The summed E-state index contributed by atoms with van der Waals surface area (Å²) in [6.07, 6.45) is 2.84. The number of aromatic amines is 1. The van der Waals surface area contributed by atoms with E-state index in [-0.39, 0.29) is 12.5 Å². The topological polar surface area (TPSA) is 36.0 Å². The van der Waals surface area contributed by atoms with Crippen LogP contribution in [0.25, 0.3) is 10.9 Å². The molecule has 108 valence electrons. The summed E-state index contributed by atoms with van der Waals surface area (Å²) in [6, 6.07) is 15.0. The van der Waals surface area contributed by atoms with Gasteiger partial charge >= 0.3 is 0 Å². The van der Waals surface area contributed by atoms with Gasteiger partial charge in [0.25, 0.3) is 0 Å². The molecule has 0 saturated heterocycles. The second-order valence-corrected chi connectivity index (χ2v) is 5.72. The molecular weight excluding hydrogens is 258 g/mol. The van der Waals surface area contributed by atoms with Crippen molar-refractivity contribution in [3.63, 3.8) is 0 Å². The first-order chi connectivity index (χ1) is 10.2. The predicted octanol–water partition coefficient (Wildman–Crippen LogP) is 4.30. The molecule has 1 atom stereocenters. The SMILES string of the molecule is Cc1ccc(C(CCO)c2c[nH]c3c(C)cccc23)cc1. The second kappa shape index (κ2) is 5.74. The van der Waals surface area contributed by atoms with Gasteiger partial charge in [0, 0.05) is 29.6 Å². The molecule has 0 spiro atoms. The van der Waals surface area contributed by atoms with Crippen LogP contribution in [0.5, 0.6) is 0 Å². The van der Waals surface area contributed by atoms with Gasteiger partial charge in [-0.1, -0.05) is 48.0 Å². The van der Waals surface area contributed by atoms with Gasteiger partial charge in [-0.2, -0.15) is 0 Å². The summed E-state index contributed by atoms with van der Waals surface area (Å²) in [4.78, 5) is 3.39. The minimum absolute atomic E-state index is 0.192. The van der Waals surface area contributed by atoms with Gasteiger partial charge in [-0.05, 0) is 37.0 Å². The van der Waals surface area contributed by atoms with Gasteiger partial charge in [0.1, 0.15) is 0 Å². The maximum atomic E-state index is 9.47. The highest BCUT2D eigenvalue weighted by atomic mass is 16.3. The lowest BCUT2D eigenvalue weighted by molar-refractivity contribution is 0.282. The highest BCUT2D eigenvalue weighted by Gasteiger charge is 2.18. The van der Waals surface area contributed by atoms with Crippen molar-refractivity contribution in [2.24, 2.45) is 0 Å². The minimum atomic E-state index is 0.192. The van der Waals surface area contributed by atoms with E-state index in [0.29, 0.717) is 0 Å². The second-order valence-electron chi connectivity index (χ2n) is 5.72. The lowest BCUT2D eigenvalue weighted by atomic mass is 9.88. The summed E-state index contributed by atoms with van der Waals surface area (Å²) in [5, 5.41) is 10.7. The zero-order chi connectivity index (χ0) is 14.8. The average molecular weight is 279 g/mol. The van der Waals surface area contributed by atoms with Crippen LogP contribution in [-0.2, 0) is 0 Å². The van der Waals surface area contributed by atoms with Crippen LogP contribution in [0.4, 0.5) is 0 Å². The molecule has 2 aromatic carbocycles. The van der Waals surface area contributed by atoms with Crippen molar-refractivity contribution in [2.45, 2.75) is 26.2 Å². The van der Waals surface area contributed by atoms with Gasteiger partial charge in [0.2, 0.25) is 0 Å². The molecule has 3 rings (SSSR count). The van der Waals surface area contributed by atoms with E-state index >= 15 is 0 Å². The Morgan fingerprint density at radius 2 is 1.81 bits per heavy atom. The molecule has 0 aliphatic rings. The van der Waals surface area contributed by atoms with Gasteiger partial charge in [0.15, 0.2) is 0 Å². The van der Waals surface area contributed by atoms with Crippen molar-refractivity contribution < 1.29 is 5.11 Å². The summed E-state index contributed by atoms with van der Waals surface area (Å²) in [6.45, 7) is 4.41. The van der Waals surface area contributed by atoms with E-state index in [1.807, 2.05) is 0 Å². The fourth-order valence-electron chi connectivity index (χ4n) is 3.05. The van der Waals surface area contributed by atoms with Crippen molar-refractivity contribution >= 4 is 10.9 Å². The third-order valence-corrected chi connectivity index (χ3v) is 4.23. The zero-order valence-corrected chi connectivity index (χ0v) is 12.6. The van der Waals surface area contributed by atoms with Crippen molar-refractivity contribution in [1.29, 1.82) is 0 Å². The molecule has 1 unspecified atom stereocenters. The third kappa shape index (κ3) is 2.59. The molecule has 2 nitrogen and oxygen atoms in total. The monoisotopic (exact) mass is 279 g/mol. The van der Waals surface area contributed by atoms with Crippen LogP contribution in [0.1, 0.15) is 34.6 Å². The van der Waals surface area contributed by atoms with Crippen LogP contribution < -0.4 is 0 Å². The maximum Gasteiger partial charge on any atom is 0.0486 e. The van der Waals surface area contributed by atoms with Crippen LogP contribution in [-0.4, -0.2) is 16.7 Å². The van der Waals surface area contributed by atoms with Gasteiger partial charge in [-0.25, -0.2) is 0 Å². The summed E-state index contributed by atoms with van der Waals surface area (Å²) < 4.78 is 0. The van der Waals surface area contributed by atoms with E-state index in [0.717, 1.165) is 6.42 Å². The van der Waals surface area contributed by atoms with Crippen LogP contribution >= 0.6 is 0 Å². The number of hydrogen-bond acceptors (Lipinski definition) is 1. The molecule has 0 aliphatic carbocycles. The first-order valence-electron chi connectivity index (χ1n) is 7.44. The smallest absolute Gasteiger partial charge is 0.0486 e. The predicted molar refractivity (Wildman–Crippen MR) is 87.8 cm³/mol. The molecule has 0 saturated carbocycles. The molecule has 0 aliphatic heterocycles. The largest absolute Gasteiger partial charge is 0.396 e. The molecule has 21 heavy (non-hydrogen) atoms. The number of hydrogen-bond donors (Lipinski definition) is 2. The zero-order valence-electron chi connectivity index (χ0n) is 12.6. The Kier molecular flexibility index (Phi) is 3.80. The molecule has 0 amide bonds. The van der Waals surface area contributed by atoms with Gasteiger partial charge in [-0.3, -0.25) is 0 Å². The molecule has 2 N–H and O–H groups in total. The van der Waals surface area contributed by atoms with E-state index in [2.05, 4.69) is 67.5 Å². The van der Waals surface area contributed by atoms with E-state index in [4.69, 9.17) is 0 Å². The van der Waals surface area contributed by atoms with Gasteiger partial charge in [-0.15, -0.1) is 0 Å². The quantitative estimate of drug-likeness (QED) is 0.734.